The van der Waals surface area contributed by atoms with Gasteiger partial charge in [0, 0.05) is 20.0 Å². The molecule has 0 aromatic carbocycles. The predicted octanol–water partition coefficient (Wildman–Crippen LogP) is 10.6. The Hall–Kier alpha value is -0.530. The van der Waals surface area contributed by atoms with Gasteiger partial charge in [-0.05, 0) is 12.8 Å². The molecule has 0 aromatic heterocycles. The van der Waals surface area contributed by atoms with Crippen LogP contribution in [0.15, 0.2) is 0 Å². The molecule has 0 heterocycles. The van der Waals surface area contributed by atoms with Gasteiger partial charge in [-0.2, -0.15) is 0 Å². The van der Waals surface area contributed by atoms with Crippen LogP contribution in [0.2, 0.25) is 0 Å². The van der Waals surface area contributed by atoms with Gasteiger partial charge < -0.3 is 4.90 Å². The van der Waals surface area contributed by atoms with E-state index in [0.29, 0.717) is 12.3 Å². The third-order valence-electron chi connectivity index (χ3n) is 7.24. The molecule has 0 aliphatic rings. The number of hydrogen-bond acceptors (Lipinski definition) is 1. The molecule has 0 saturated heterocycles. The minimum absolute atomic E-state index is 0.312. The van der Waals surface area contributed by atoms with E-state index in [-0.39, 0.29) is 0 Å². The summed E-state index contributed by atoms with van der Waals surface area (Å²) in [6.07, 6.45) is 35.9. The van der Waals surface area contributed by atoms with Gasteiger partial charge in [0.1, 0.15) is 0 Å². The quantitative estimate of drug-likeness (QED) is 0.110. The summed E-state index contributed by atoms with van der Waals surface area (Å²) >= 11 is 0. The van der Waals surface area contributed by atoms with E-state index < -0.39 is 0 Å². The van der Waals surface area contributed by atoms with Gasteiger partial charge in [-0.25, -0.2) is 0 Å². The van der Waals surface area contributed by atoms with E-state index in [0.717, 1.165) is 13.0 Å². The largest absolute Gasteiger partial charge is 0.346 e. The van der Waals surface area contributed by atoms with Crippen molar-refractivity contribution in [2.75, 3.05) is 13.6 Å². The van der Waals surface area contributed by atoms with Crippen LogP contribution in [-0.2, 0) is 4.79 Å². The van der Waals surface area contributed by atoms with Crippen LogP contribution in [0.3, 0.4) is 0 Å². The fourth-order valence-electron chi connectivity index (χ4n) is 4.84. The monoisotopic (exact) mass is 465 g/mol. The van der Waals surface area contributed by atoms with Crippen molar-refractivity contribution in [2.24, 2.45) is 0 Å². The van der Waals surface area contributed by atoms with Crippen LogP contribution in [0, 0.1) is 0 Å². The van der Waals surface area contributed by atoms with Crippen molar-refractivity contribution in [3.8, 4) is 0 Å². The first-order chi connectivity index (χ1) is 16.2. The standard InChI is InChI=1S/C31H63NO/c1-4-6-7-8-9-10-11-12-13-14-15-16-17-18-19-20-21-22-23-24-25-26-27-28-30-32(3)31(33)29-5-2/h4-30H2,1-3H3. The van der Waals surface area contributed by atoms with Crippen LogP contribution in [-0.4, -0.2) is 24.4 Å². The molecule has 2 nitrogen and oxygen atoms in total. The molecule has 0 atom stereocenters. The molecule has 0 aliphatic carbocycles. The van der Waals surface area contributed by atoms with Crippen molar-refractivity contribution in [3.63, 3.8) is 0 Å². The van der Waals surface area contributed by atoms with Crippen molar-refractivity contribution in [1.29, 1.82) is 0 Å². The van der Waals surface area contributed by atoms with Crippen molar-refractivity contribution in [2.45, 2.75) is 181 Å². The first-order valence-electron chi connectivity index (χ1n) is 15.5. The Kier molecular flexibility index (Phi) is 27.3. The Balaban J connectivity index is 3.10. The zero-order chi connectivity index (χ0) is 24.2. The smallest absolute Gasteiger partial charge is 0.222 e. The van der Waals surface area contributed by atoms with E-state index in [1.807, 2.05) is 11.9 Å². The van der Waals surface area contributed by atoms with Gasteiger partial charge in [0.15, 0.2) is 0 Å². The highest BCUT2D eigenvalue weighted by Crippen LogP contribution is 2.15. The average Bonchev–Trinajstić information content (AvgIpc) is 2.81. The Morgan fingerprint density at radius 2 is 0.697 bits per heavy atom. The first kappa shape index (κ1) is 32.5. The van der Waals surface area contributed by atoms with E-state index in [9.17, 15) is 4.79 Å². The van der Waals surface area contributed by atoms with Crippen molar-refractivity contribution >= 4 is 5.91 Å². The Labute approximate surface area is 210 Å². The van der Waals surface area contributed by atoms with Crippen LogP contribution in [0.5, 0.6) is 0 Å². The molecule has 33 heavy (non-hydrogen) atoms. The van der Waals surface area contributed by atoms with Crippen LogP contribution in [0.25, 0.3) is 0 Å². The molecule has 0 bridgehead atoms. The van der Waals surface area contributed by atoms with Crippen LogP contribution < -0.4 is 0 Å². The second-order valence-electron chi connectivity index (χ2n) is 10.7. The summed E-state index contributed by atoms with van der Waals surface area (Å²) in [6.45, 7) is 5.32. The lowest BCUT2D eigenvalue weighted by atomic mass is 10.0. The number of rotatable bonds is 27. The fourth-order valence-corrected chi connectivity index (χ4v) is 4.84. The molecule has 0 N–H and O–H groups in total. The number of carbonyl (C=O) groups is 1. The summed E-state index contributed by atoms with van der Waals surface area (Å²) < 4.78 is 0. The summed E-state index contributed by atoms with van der Waals surface area (Å²) in [4.78, 5) is 13.6. The average molecular weight is 466 g/mol. The van der Waals surface area contributed by atoms with Gasteiger partial charge in [-0.1, -0.05) is 162 Å². The third-order valence-corrected chi connectivity index (χ3v) is 7.24. The lowest BCUT2D eigenvalue weighted by Crippen LogP contribution is -2.27. The number of hydrogen-bond donors (Lipinski definition) is 0. The maximum atomic E-state index is 11.7. The highest BCUT2D eigenvalue weighted by molar-refractivity contribution is 5.75. The van der Waals surface area contributed by atoms with Crippen LogP contribution >= 0.6 is 0 Å². The van der Waals surface area contributed by atoms with E-state index >= 15 is 0 Å². The predicted molar refractivity (Wildman–Crippen MR) is 149 cm³/mol. The summed E-state index contributed by atoms with van der Waals surface area (Å²) in [5.74, 6) is 0.312. The van der Waals surface area contributed by atoms with Gasteiger partial charge in [0.2, 0.25) is 5.91 Å². The zero-order valence-electron chi connectivity index (χ0n) is 23.4. The molecule has 0 unspecified atom stereocenters. The summed E-state index contributed by atoms with van der Waals surface area (Å²) in [5, 5.41) is 0. The molecule has 0 radical (unpaired) electrons. The minimum Gasteiger partial charge on any atom is -0.346 e. The normalized spacial score (nSPS) is 11.2. The molecular formula is C31H63NO. The third kappa shape index (κ3) is 25.9. The number of unbranched alkanes of at least 4 members (excludes halogenated alkanes) is 23. The van der Waals surface area contributed by atoms with Gasteiger partial charge in [-0.3, -0.25) is 4.79 Å². The van der Waals surface area contributed by atoms with Gasteiger partial charge in [0.25, 0.3) is 0 Å². The Bertz CT molecular complexity index is 381. The Morgan fingerprint density at radius 3 is 0.970 bits per heavy atom. The number of amides is 1. The molecule has 0 spiro atoms. The summed E-state index contributed by atoms with van der Waals surface area (Å²) in [7, 11) is 1.96. The van der Waals surface area contributed by atoms with Crippen LogP contribution in [0.4, 0.5) is 0 Å². The van der Waals surface area contributed by atoms with E-state index in [1.165, 1.54) is 154 Å². The molecule has 0 fully saturated rings. The highest BCUT2D eigenvalue weighted by atomic mass is 16.2. The molecule has 0 rings (SSSR count). The van der Waals surface area contributed by atoms with Gasteiger partial charge in [-0.15, -0.1) is 0 Å². The van der Waals surface area contributed by atoms with Crippen molar-refractivity contribution in [3.05, 3.63) is 0 Å². The maximum absolute atomic E-state index is 11.7. The minimum atomic E-state index is 0.312. The SMILES string of the molecule is CCCCCCCCCCCCCCCCCCCCCCCCCCN(C)C(=O)CCC. The van der Waals surface area contributed by atoms with Gasteiger partial charge in [0.05, 0.1) is 0 Å². The molecule has 2 heteroatoms. The van der Waals surface area contributed by atoms with Crippen molar-refractivity contribution in [1.82, 2.24) is 4.90 Å². The first-order valence-corrected chi connectivity index (χ1v) is 15.5. The molecule has 1 amide bonds. The lowest BCUT2D eigenvalue weighted by molar-refractivity contribution is -0.130. The Morgan fingerprint density at radius 1 is 0.424 bits per heavy atom. The molecule has 0 aromatic rings. The molecule has 0 saturated carbocycles. The number of nitrogens with zero attached hydrogens (tertiary/aromatic N) is 1. The second-order valence-corrected chi connectivity index (χ2v) is 10.7. The van der Waals surface area contributed by atoms with Crippen molar-refractivity contribution < 1.29 is 4.79 Å². The van der Waals surface area contributed by atoms with E-state index in [4.69, 9.17) is 0 Å². The molecule has 198 valence electrons. The highest BCUT2D eigenvalue weighted by Gasteiger charge is 2.05. The topological polar surface area (TPSA) is 20.3 Å². The fraction of sp³-hybridized carbons (Fsp3) is 0.968. The molecule has 0 aliphatic heterocycles. The van der Waals surface area contributed by atoms with Gasteiger partial charge >= 0.3 is 0 Å². The maximum Gasteiger partial charge on any atom is 0.222 e. The number of carbonyl (C=O) groups excluding carboxylic acids is 1. The summed E-state index contributed by atoms with van der Waals surface area (Å²) in [6, 6.07) is 0. The summed E-state index contributed by atoms with van der Waals surface area (Å²) in [5.41, 5.74) is 0. The lowest BCUT2D eigenvalue weighted by Gasteiger charge is -2.16. The molecular weight excluding hydrogens is 402 g/mol. The van der Waals surface area contributed by atoms with E-state index in [1.54, 1.807) is 0 Å². The van der Waals surface area contributed by atoms with E-state index in [2.05, 4.69) is 13.8 Å². The van der Waals surface area contributed by atoms with Crippen LogP contribution in [0.1, 0.15) is 181 Å². The second kappa shape index (κ2) is 27.7. The zero-order valence-corrected chi connectivity index (χ0v) is 23.4.